The van der Waals surface area contributed by atoms with Gasteiger partial charge in [-0.15, -0.1) is 0 Å². The molecule has 5 heteroatoms. The predicted molar refractivity (Wildman–Crippen MR) is 87.5 cm³/mol. The Labute approximate surface area is 130 Å². The second kappa shape index (κ2) is 5.21. The minimum atomic E-state index is -0.299. The molecular formula is C18H12FN3O. The highest BCUT2D eigenvalue weighted by Gasteiger charge is 2.11. The molecule has 2 aromatic heterocycles. The van der Waals surface area contributed by atoms with Crippen LogP contribution in [-0.2, 0) is 0 Å². The Morgan fingerprint density at radius 1 is 0.957 bits per heavy atom. The molecule has 23 heavy (non-hydrogen) atoms. The Morgan fingerprint density at radius 3 is 2.74 bits per heavy atom. The summed E-state index contributed by atoms with van der Waals surface area (Å²) in [6.45, 7) is 0. The summed E-state index contributed by atoms with van der Waals surface area (Å²) in [7, 11) is 0. The highest BCUT2D eigenvalue weighted by Crippen LogP contribution is 2.30. The lowest BCUT2D eigenvalue weighted by Crippen LogP contribution is -2.02. The summed E-state index contributed by atoms with van der Waals surface area (Å²) in [5.41, 5.74) is 3.77. The number of halogens is 1. The Bertz CT molecular complexity index is 1070. The standard InChI is InChI=1S/C18H12FN3O/c19-14-3-1-2-12(9-14)17-18(21-10-20-17)13-4-6-15-11(8-13)5-7-16(23)22-15/h1-10H,(H,20,21)(H,22,23). The molecule has 0 saturated carbocycles. The first-order valence-electron chi connectivity index (χ1n) is 7.13. The number of hydrogen-bond acceptors (Lipinski definition) is 2. The van der Waals surface area contributed by atoms with Gasteiger partial charge in [0.1, 0.15) is 5.82 Å². The molecule has 112 valence electrons. The summed E-state index contributed by atoms with van der Waals surface area (Å²) in [4.78, 5) is 21.6. The van der Waals surface area contributed by atoms with Crippen molar-refractivity contribution >= 4 is 10.9 Å². The molecule has 0 amide bonds. The van der Waals surface area contributed by atoms with Crippen molar-refractivity contribution in [1.82, 2.24) is 15.0 Å². The van der Waals surface area contributed by atoms with Gasteiger partial charge in [-0.05, 0) is 35.7 Å². The SMILES string of the molecule is O=c1ccc2cc(-c3[nH]cnc3-c3cccc(F)c3)ccc2[nH]1. The van der Waals surface area contributed by atoms with Gasteiger partial charge in [-0.25, -0.2) is 9.37 Å². The molecule has 0 spiro atoms. The monoisotopic (exact) mass is 305 g/mol. The van der Waals surface area contributed by atoms with Gasteiger partial charge in [-0.3, -0.25) is 4.79 Å². The van der Waals surface area contributed by atoms with Crippen LogP contribution in [0, 0.1) is 5.82 Å². The first-order chi connectivity index (χ1) is 11.2. The number of benzene rings is 2. The van der Waals surface area contributed by atoms with Crippen LogP contribution in [0.2, 0.25) is 0 Å². The minimum Gasteiger partial charge on any atom is -0.344 e. The third-order valence-corrected chi connectivity index (χ3v) is 3.75. The zero-order valence-corrected chi connectivity index (χ0v) is 12.0. The van der Waals surface area contributed by atoms with Gasteiger partial charge in [-0.2, -0.15) is 0 Å². The lowest BCUT2D eigenvalue weighted by molar-refractivity contribution is 0.628. The maximum Gasteiger partial charge on any atom is 0.248 e. The van der Waals surface area contributed by atoms with E-state index in [4.69, 9.17) is 0 Å². The summed E-state index contributed by atoms with van der Waals surface area (Å²) >= 11 is 0. The number of pyridine rings is 1. The maximum absolute atomic E-state index is 13.5. The minimum absolute atomic E-state index is 0.132. The van der Waals surface area contributed by atoms with Gasteiger partial charge >= 0.3 is 0 Å². The Kier molecular flexibility index (Phi) is 3.05. The van der Waals surface area contributed by atoms with E-state index < -0.39 is 0 Å². The molecule has 2 N–H and O–H groups in total. The fraction of sp³-hybridized carbons (Fsp3) is 0. The fourth-order valence-electron chi connectivity index (χ4n) is 2.68. The smallest absolute Gasteiger partial charge is 0.248 e. The van der Waals surface area contributed by atoms with Crippen molar-refractivity contribution in [2.45, 2.75) is 0 Å². The van der Waals surface area contributed by atoms with Gasteiger partial charge < -0.3 is 9.97 Å². The average Bonchev–Trinajstić information content (AvgIpc) is 3.04. The van der Waals surface area contributed by atoms with Gasteiger partial charge in [0.15, 0.2) is 0 Å². The molecule has 2 heterocycles. The molecule has 2 aromatic carbocycles. The van der Waals surface area contributed by atoms with Crippen LogP contribution < -0.4 is 5.56 Å². The molecule has 4 rings (SSSR count). The lowest BCUT2D eigenvalue weighted by Gasteiger charge is -2.05. The second-order valence-corrected chi connectivity index (χ2v) is 5.26. The predicted octanol–water partition coefficient (Wildman–Crippen LogP) is 3.72. The number of H-pyrrole nitrogens is 2. The van der Waals surface area contributed by atoms with E-state index in [0.717, 1.165) is 22.2 Å². The van der Waals surface area contributed by atoms with E-state index in [-0.39, 0.29) is 11.4 Å². The molecule has 0 atom stereocenters. The van der Waals surface area contributed by atoms with Crippen molar-refractivity contribution in [3.05, 3.63) is 77.1 Å². The molecule has 0 aliphatic carbocycles. The first-order valence-corrected chi connectivity index (χ1v) is 7.13. The van der Waals surface area contributed by atoms with Crippen molar-refractivity contribution in [3.63, 3.8) is 0 Å². The summed E-state index contributed by atoms with van der Waals surface area (Å²) in [6, 6.07) is 15.3. The number of nitrogens with one attached hydrogen (secondary N) is 2. The topological polar surface area (TPSA) is 61.5 Å². The molecular weight excluding hydrogens is 293 g/mol. The van der Waals surface area contributed by atoms with Crippen LogP contribution in [0.15, 0.2) is 65.7 Å². The van der Waals surface area contributed by atoms with Gasteiger partial charge in [-0.1, -0.05) is 18.2 Å². The first kappa shape index (κ1) is 13.5. The number of rotatable bonds is 2. The zero-order valence-electron chi connectivity index (χ0n) is 12.0. The van der Waals surface area contributed by atoms with E-state index in [1.54, 1.807) is 18.5 Å². The van der Waals surface area contributed by atoms with Gasteiger partial charge in [0.05, 0.1) is 17.7 Å². The largest absolute Gasteiger partial charge is 0.344 e. The molecule has 4 nitrogen and oxygen atoms in total. The number of nitrogens with zero attached hydrogens (tertiary/aromatic N) is 1. The number of imidazole rings is 1. The highest BCUT2D eigenvalue weighted by atomic mass is 19.1. The quantitative estimate of drug-likeness (QED) is 0.593. The summed E-state index contributed by atoms with van der Waals surface area (Å²) in [5.74, 6) is -0.299. The molecule has 0 aliphatic rings. The van der Waals surface area contributed by atoms with Crippen LogP contribution >= 0.6 is 0 Å². The average molecular weight is 305 g/mol. The Balaban J connectivity index is 1.87. The normalized spacial score (nSPS) is 11.0. The van der Waals surface area contributed by atoms with Crippen molar-refractivity contribution in [1.29, 1.82) is 0 Å². The van der Waals surface area contributed by atoms with Gasteiger partial charge in [0.25, 0.3) is 0 Å². The van der Waals surface area contributed by atoms with Crippen LogP contribution in [0.25, 0.3) is 33.4 Å². The Morgan fingerprint density at radius 2 is 1.87 bits per heavy atom. The lowest BCUT2D eigenvalue weighted by atomic mass is 10.0. The highest BCUT2D eigenvalue weighted by molar-refractivity contribution is 5.87. The fourth-order valence-corrected chi connectivity index (χ4v) is 2.68. The van der Waals surface area contributed by atoms with Crippen LogP contribution in [0.4, 0.5) is 4.39 Å². The Hall–Kier alpha value is -3.21. The van der Waals surface area contributed by atoms with Crippen LogP contribution in [0.5, 0.6) is 0 Å². The number of aromatic amines is 2. The van der Waals surface area contributed by atoms with Crippen molar-refractivity contribution < 1.29 is 4.39 Å². The molecule has 0 radical (unpaired) electrons. The van der Waals surface area contributed by atoms with E-state index in [1.165, 1.54) is 18.2 Å². The van der Waals surface area contributed by atoms with E-state index in [1.807, 2.05) is 24.3 Å². The third kappa shape index (κ3) is 2.42. The molecule has 0 bridgehead atoms. The van der Waals surface area contributed by atoms with Crippen LogP contribution in [-0.4, -0.2) is 15.0 Å². The van der Waals surface area contributed by atoms with E-state index in [2.05, 4.69) is 15.0 Å². The number of hydrogen-bond donors (Lipinski definition) is 2. The molecule has 0 aliphatic heterocycles. The summed E-state index contributed by atoms with van der Waals surface area (Å²) < 4.78 is 13.5. The molecule has 0 fully saturated rings. The number of aromatic nitrogens is 3. The van der Waals surface area contributed by atoms with Gasteiger partial charge in [0, 0.05) is 22.7 Å². The summed E-state index contributed by atoms with van der Waals surface area (Å²) in [5, 5.41) is 0.918. The zero-order chi connectivity index (χ0) is 15.8. The molecule has 0 unspecified atom stereocenters. The van der Waals surface area contributed by atoms with E-state index in [0.29, 0.717) is 11.3 Å². The number of fused-ring (bicyclic) bond motifs is 1. The van der Waals surface area contributed by atoms with Crippen molar-refractivity contribution in [2.24, 2.45) is 0 Å². The second-order valence-electron chi connectivity index (χ2n) is 5.26. The van der Waals surface area contributed by atoms with E-state index >= 15 is 0 Å². The van der Waals surface area contributed by atoms with Crippen molar-refractivity contribution in [2.75, 3.05) is 0 Å². The van der Waals surface area contributed by atoms with Crippen LogP contribution in [0.1, 0.15) is 0 Å². The maximum atomic E-state index is 13.5. The van der Waals surface area contributed by atoms with Crippen LogP contribution in [0.3, 0.4) is 0 Å². The van der Waals surface area contributed by atoms with Gasteiger partial charge in [0.2, 0.25) is 5.56 Å². The molecule has 0 saturated heterocycles. The molecule has 4 aromatic rings. The third-order valence-electron chi connectivity index (χ3n) is 3.75. The van der Waals surface area contributed by atoms with Crippen molar-refractivity contribution in [3.8, 4) is 22.5 Å². The summed E-state index contributed by atoms with van der Waals surface area (Å²) in [6.07, 6.45) is 1.59. The van der Waals surface area contributed by atoms with E-state index in [9.17, 15) is 9.18 Å².